The average molecular weight is 409 g/mol. The Morgan fingerprint density at radius 2 is 1.83 bits per heavy atom. The van der Waals surface area contributed by atoms with Crippen LogP contribution in [0, 0.1) is 13.8 Å². The molecule has 3 rings (SSSR count). The van der Waals surface area contributed by atoms with Crippen LogP contribution in [-0.4, -0.2) is 37.0 Å². The Hall–Kier alpha value is -3.19. The summed E-state index contributed by atoms with van der Waals surface area (Å²) in [5, 5.41) is 8.77. The molecule has 1 saturated heterocycles. The summed E-state index contributed by atoms with van der Waals surface area (Å²) in [6, 6.07) is 12.9. The van der Waals surface area contributed by atoms with E-state index in [-0.39, 0.29) is 17.9 Å². The van der Waals surface area contributed by atoms with E-state index < -0.39 is 0 Å². The predicted octanol–water partition coefficient (Wildman–Crippen LogP) is 3.64. The van der Waals surface area contributed by atoms with Gasteiger partial charge in [0.15, 0.2) is 0 Å². The van der Waals surface area contributed by atoms with Gasteiger partial charge >= 0.3 is 0 Å². The molecule has 7 nitrogen and oxygen atoms in total. The first kappa shape index (κ1) is 21.5. The van der Waals surface area contributed by atoms with Gasteiger partial charge in [-0.2, -0.15) is 0 Å². The van der Waals surface area contributed by atoms with Gasteiger partial charge in [-0.1, -0.05) is 12.1 Å². The molecule has 1 atom stereocenters. The van der Waals surface area contributed by atoms with Crippen LogP contribution >= 0.6 is 0 Å². The van der Waals surface area contributed by atoms with Crippen LogP contribution in [0.3, 0.4) is 0 Å². The predicted molar refractivity (Wildman–Crippen MR) is 119 cm³/mol. The van der Waals surface area contributed by atoms with E-state index in [0.717, 1.165) is 36.3 Å². The van der Waals surface area contributed by atoms with Crippen molar-refractivity contribution in [1.82, 2.24) is 5.32 Å². The molecule has 0 bridgehead atoms. The van der Waals surface area contributed by atoms with E-state index in [0.29, 0.717) is 23.8 Å². The van der Waals surface area contributed by atoms with Gasteiger partial charge in [0.1, 0.15) is 0 Å². The molecule has 2 amide bonds. The number of amides is 2. The van der Waals surface area contributed by atoms with Crippen LogP contribution in [0.15, 0.2) is 47.5 Å². The highest BCUT2D eigenvalue weighted by atomic mass is 16.5. The first-order chi connectivity index (χ1) is 14.4. The van der Waals surface area contributed by atoms with Crippen molar-refractivity contribution >= 4 is 29.1 Å². The number of ether oxygens (including phenoxy) is 1. The third-order valence-corrected chi connectivity index (χ3v) is 4.64. The van der Waals surface area contributed by atoms with E-state index >= 15 is 0 Å². The molecule has 30 heavy (non-hydrogen) atoms. The maximum atomic E-state index is 12.8. The number of carbonyl (C=O) groups is 2. The second-order valence-electron chi connectivity index (χ2n) is 7.54. The van der Waals surface area contributed by atoms with Crippen LogP contribution in [0.4, 0.5) is 11.4 Å². The van der Waals surface area contributed by atoms with E-state index in [1.54, 1.807) is 24.3 Å². The summed E-state index contributed by atoms with van der Waals surface area (Å²) >= 11 is 0. The molecule has 1 heterocycles. The second-order valence-corrected chi connectivity index (χ2v) is 7.54. The number of rotatable bonds is 5. The summed E-state index contributed by atoms with van der Waals surface area (Å²) in [7, 11) is 0. The molecule has 2 aromatic rings. The Morgan fingerprint density at radius 1 is 1.07 bits per heavy atom. The number of carbonyl (C=O) groups excluding carboxylic acids is 2. The smallest absolute Gasteiger partial charge is 0.258 e. The average Bonchev–Trinajstić information content (AvgIpc) is 3.18. The number of anilines is 2. The van der Waals surface area contributed by atoms with Gasteiger partial charge in [-0.3, -0.25) is 14.9 Å². The lowest BCUT2D eigenvalue weighted by atomic mass is 10.1. The quantitative estimate of drug-likeness (QED) is 0.520. The third-order valence-electron chi connectivity index (χ3n) is 4.64. The van der Waals surface area contributed by atoms with Crippen molar-refractivity contribution in [3.63, 3.8) is 0 Å². The highest BCUT2D eigenvalue weighted by Gasteiger charge is 2.16. The Balaban J connectivity index is 1.77. The van der Waals surface area contributed by atoms with Crippen molar-refractivity contribution in [3.8, 4) is 0 Å². The second kappa shape index (κ2) is 10.0. The normalized spacial score (nSPS) is 16.2. The molecular weight excluding hydrogens is 380 g/mol. The molecule has 158 valence electrons. The first-order valence-electron chi connectivity index (χ1n) is 10.1. The van der Waals surface area contributed by atoms with Gasteiger partial charge in [-0.25, -0.2) is 4.99 Å². The Bertz CT molecular complexity index is 929. The van der Waals surface area contributed by atoms with Gasteiger partial charge in [0, 0.05) is 30.5 Å². The molecule has 0 spiro atoms. The summed E-state index contributed by atoms with van der Waals surface area (Å²) in [6.07, 6.45) is 2.07. The SMILES string of the molecule is CC(=O)Nc1cccc(C(=O)NC(=NCC2CCCO2)Nc2cc(C)cc(C)c2)c1. The van der Waals surface area contributed by atoms with Gasteiger partial charge in [-0.15, -0.1) is 0 Å². The Labute approximate surface area is 176 Å². The van der Waals surface area contributed by atoms with E-state index in [1.807, 2.05) is 26.0 Å². The number of nitrogens with zero attached hydrogens (tertiary/aromatic N) is 1. The standard InChI is InChI=1S/C23H28N4O3/c1-15-10-16(2)12-20(11-15)26-23(24-14-21-8-5-9-30-21)27-22(29)18-6-4-7-19(13-18)25-17(3)28/h4,6-7,10-13,21H,5,8-9,14H2,1-3H3,(H,25,28)(H2,24,26,27,29). The first-order valence-corrected chi connectivity index (χ1v) is 10.1. The molecule has 1 unspecified atom stereocenters. The van der Waals surface area contributed by atoms with Crippen LogP contribution in [0.2, 0.25) is 0 Å². The fourth-order valence-corrected chi connectivity index (χ4v) is 3.40. The number of benzene rings is 2. The van der Waals surface area contributed by atoms with E-state index in [4.69, 9.17) is 4.74 Å². The number of hydrogen-bond donors (Lipinski definition) is 3. The molecule has 0 aliphatic carbocycles. The van der Waals surface area contributed by atoms with Crippen LogP contribution in [-0.2, 0) is 9.53 Å². The van der Waals surface area contributed by atoms with Crippen molar-refractivity contribution in [1.29, 1.82) is 0 Å². The Morgan fingerprint density at radius 3 is 2.50 bits per heavy atom. The van der Waals surface area contributed by atoms with Crippen LogP contribution in [0.25, 0.3) is 0 Å². The minimum atomic E-state index is -0.315. The van der Waals surface area contributed by atoms with E-state index in [9.17, 15) is 9.59 Å². The zero-order chi connectivity index (χ0) is 21.5. The van der Waals surface area contributed by atoms with Gasteiger partial charge < -0.3 is 15.4 Å². The molecule has 3 N–H and O–H groups in total. The molecule has 7 heteroatoms. The number of aliphatic imine (C=N–C) groups is 1. The summed E-state index contributed by atoms with van der Waals surface area (Å²) < 4.78 is 5.65. The topological polar surface area (TPSA) is 91.8 Å². The molecule has 2 aromatic carbocycles. The van der Waals surface area contributed by atoms with Gasteiger partial charge in [-0.05, 0) is 68.1 Å². The van der Waals surface area contributed by atoms with Crippen molar-refractivity contribution in [2.45, 2.75) is 39.7 Å². The largest absolute Gasteiger partial charge is 0.376 e. The number of aryl methyl sites for hydroxylation is 2. The maximum absolute atomic E-state index is 12.8. The van der Waals surface area contributed by atoms with Gasteiger partial charge in [0.25, 0.3) is 5.91 Å². The lowest BCUT2D eigenvalue weighted by Gasteiger charge is -2.14. The van der Waals surface area contributed by atoms with Gasteiger partial charge in [0.05, 0.1) is 12.6 Å². The molecule has 1 aliphatic rings. The minimum Gasteiger partial charge on any atom is -0.376 e. The summed E-state index contributed by atoms with van der Waals surface area (Å²) in [4.78, 5) is 28.7. The summed E-state index contributed by atoms with van der Waals surface area (Å²) in [5.41, 5.74) is 4.07. The lowest BCUT2D eigenvalue weighted by Crippen LogP contribution is -2.36. The fraction of sp³-hybridized carbons (Fsp3) is 0.348. The molecular formula is C23H28N4O3. The van der Waals surface area contributed by atoms with Crippen LogP contribution in [0.5, 0.6) is 0 Å². The maximum Gasteiger partial charge on any atom is 0.258 e. The van der Waals surface area contributed by atoms with Crippen molar-refractivity contribution in [2.24, 2.45) is 4.99 Å². The minimum absolute atomic E-state index is 0.0704. The Kier molecular flexibility index (Phi) is 7.19. The lowest BCUT2D eigenvalue weighted by molar-refractivity contribution is -0.114. The van der Waals surface area contributed by atoms with E-state index in [1.165, 1.54) is 6.92 Å². The zero-order valence-corrected chi connectivity index (χ0v) is 17.6. The molecule has 1 aliphatic heterocycles. The number of guanidine groups is 1. The van der Waals surface area contributed by atoms with Crippen molar-refractivity contribution in [3.05, 3.63) is 59.2 Å². The molecule has 0 radical (unpaired) electrons. The number of hydrogen-bond acceptors (Lipinski definition) is 4. The molecule has 1 fully saturated rings. The summed E-state index contributed by atoms with van der Waals surface area (Å²) in [5.74, 6) is -0.140. The highest BCUT2D eigenvalue weighted by molar-refractivity contribution is 6.10. The van der Waals surface area contributed by atoms with E-state index in [2.05, 4.69) is 27.0 Å². The monoisotopic (exact) mass is 408 g/mol. The van der Waals surface area contributed by atoms with Gasteiger partial charge in [0.2, 0.25) is 11.9 Å². The molecule has 0 aromatic heterocycles. The fourth-order valence-electron chi connectivity index (χ4n) is 3.40. The van der Waals surface area contributed by atoms with Crippen molar-refractivity contribution < 1.29 is 14.3 Å². The number of nitrogens with one attached hydrogen (secondary N) is 3. The zero-order valence-electron chi connectivity index (χ0n) is 17.6. The highest BCUT2D eigenvalue weighted by Crippen LogP contribution is 2.15. The van der Waals surface area contributed by atoms with Crippen LogP contribution < -0.4 is 16.0 Å². The van der Waals surface area contributed by atoms with Crippen LogP contribution in [0.1, 0.15) is 41.3 Å². The third kappa shape index (κ3) is 6.42. The summed E-state index contributed by atoms with van der Waals surface area (Å²) in [6.45, 7) is 6.69. The van der Waals surface area contributed by atoms with Crippen molar-refractivity contribution in [2.75, 3.05) is 23.8 Å². The molecule has 0 saturated carbocycles.